The fourth-order valence-corrected chi connectivity index (χ4v) is 4.39. The van der Waals surface area contributed by atoms with Crippen LogP contribution in [0.3, 0.4) is 0 Å². The van der Waals surface area contributed by atoms with Crippen LogP contribution in [0.2, 0.25) is 0 Å². The van der Waals surface area contributed by atoms with E-state index in [1.807, 2.05) is 37.3 Å². The molecule has 4 nitrogen and oxygen atoms in total. The molecule has 1 aliphatic heterocycles. The third kappa shape index (κ3) is 2.48. The largest absolute Gasteiger partial charge is 0.395 e. The number of hydrogen-bond acceptors (Lipinski definition) is 3. The third-order valence-corrected chi connectivity index (χ3v) is 5.72. The monoisotopic (exact) mass is 303 g/mol. The molecule has 2 aromatic carbocycles. The van der Waals surface area contributed by atoms with Gasteiger partial charge < -0.3 is 5.11 Å². The Labute approximate surface area is 124 Å². The van der Waals surface area contributed by atoms with Gasteiger partial charge in [0.1, 0.15) is 0 Å². The minimum atomic E-state index is -3.57. The highest BCUT2D eigenvalue weighted by atomic mass is 32.2. The van der Waals surface area contributed by atoms with Gasteiger partial charge in [0, 0.05) is 0 Å². The molecule has 0 radical (unpaired) electrons. The Morgan fingerprint density at radius 2 is 1.67 bits per heavy atom. The van der Waals surface area contributed by atoms with Crippen LogP contribution in [0, 0.1) is 6.92 Å². The van der Waals surface area contributed by atoms with Crippen molar-refractivity contribution >= 4 is 10.0 Å². The summed E-state index contributed by atoms with van der Waals surface area (Å²) in [4.78, 5) is 0.269. The first-order chi connectivity index (χ1) is 10.1. The average Bonchev–Trinajstić information content (AvgIpc) is 3.24. The fraction of sp³-hybridized carbons (Fsp3) is 0.250. The lowest BCUT2D eigenvalue weighted by Gasteiger charge is -2.07. The first kappa shape index (κ1) is 14.3. The zero-order chi connectivity index (χ0) is 15.0. The van der Waals surface area contributed by atoms with E-state index >= 15 is 0 Å². The van der Waals surface area contributed by atoms with Crippen molar-refractivity contribution in [2.45, 2.75) is 23.9 Å². The van der Waals surface area contributed by atoms with Gasteiger partial charge in [-0.05, 0) is 24.6 Å². The van der Waals surface area contributed by atoms with Crippen LogP contribution in [-0.2, 0) is 10.0 Å². The SMILES string of the molecule is Cc1ccc(S(=O)(=O)N2[C@H](c3ccccc3)[C@@H]2CO)cc1. The second kappa shape index (κ2) is 5.26. The van der Waals surface area contributed by atoms with E-state index in [1.54, 1.807) is 24.3 Å². The summed E-state index contributed by atoms with van der Waals surface area (Å²) in [6.45, 7) is 1.74. The standard InChI is InChI=1S/C16H17NO3S/c1-12-7-9-14(10-8-12)21(19,20)17-15(11-18)16(17)13-5-3-2-4-6-13/h2-10,15-16,18H,11H2,1H3/t15-,16+,17?/m0/s1. The van der Waals surface area contributed by atoms with Crippen molar-refractivity contribution in [2.24, 2.45) is 0 Å². The van der Waals surface area contributed by atoms with Crippen LogP contribution in [0.1, 0.15) is 17.2 Å². The van der Waals surface area contributed by atoms with E-state index in [1.165, 1.54) is 4.31 Å². The third-order valence-electron chi connectivity index (χ3n) is 3.80. The topological polar surface area (TPSA) is 57.4 Å². The molecule has 21 heavy (non-hydrogen) atoms. The van der Waals surface area contributed by atoms with E-state index in [4.69, 9.17) is 0 Å². The summed E-state index contributed by atoms with van der Waals surface area (Å²) in [7, 11) is -3.57. The van der Waals surface area contributed by atoms with E-state index in [0.29, 0.717) is 0 Å². The smallest absolute Gasteiger partial charge is 0.244 e. The molecule has 0 saturated carbocycles. The van der Waals surface area contributed by atoms with Crippen molar-refractivity contribution in [3.63, 3.8) is 0 Å². The van der Waals surface area contributed by atoms with Gasteiger partial charge in [-0.2, -0.15) is 4.31 Å². The van der Waals surface area contributed by atoms with Crippen LogP contribution in [0.25, 0.3) is 0 Å². The van der Waals surface area contributed by atoms with Gasteiger partial charge in [-0.1, -0.05) is 48.0 Å². The zero-order valence-electron chi connectivity index (χ0n) is 11.7. The van der Waals surface area contributed by atoms with Crippen LogP contribution in [0.5, 0.6) is 0 Å². The fourth-order valence-electron chi connectivity index (χ4n) is 2.62. The Kier molecular flexibility index (Phi) is 3.57. The van der Waals surface area contributed by atoms with E-state index in [-0.39, 0.29) is 23.6 Å². The molecule has 0 aromatic heterocycles. The molecule has 1 fully saturated rings. The van der Waals surface area contributed by atoms with Gasteiger partial charge in [0.15, 0.2) is 0 Å². The van der Waals surface area contributed by atoms with Crippen molar-refractivity contribution in [2.75, 3.05) is 6.61 Å². The summed E-state index contributed by atoms with van der Waals surface area (Å²) in [5, 5.41) is 9.46. The van der Waals surface area contributed by atoms with Crippen LogP contribution in [-0.4, -0.2) is 30.5 Å². The highest BCUT2D eigenvalue weighted by Crippen LogP contribution is 2.47. The summed E-state index contributed by atoms with van der Waals surface area (Å²) < 4.78 is 26.7. The van der Waals surface area contributed by atoms with E-state index in [9.17, 15) is 13.5 Å². The molecule has 3 rings (SSSR count). The molecule has 3 atom stereocenters. The summed E-state index contributed by atoms with van der Waals surface area (Å²) in [5.41, 5.74) is 1.92. The van der Waals surface area contributed by atoms with Crippen molar-refractivity contribution in [3.8, 4) is 0 Å². The van der Waals surface area contributed by atoms with Gasteiger partial charge in [-0.15, -0.1) is 0 Å². The number of sulfonamides is 1. The van der Waals surface area contributed by atoms with Gasteiger partial charge in [0.2, 0.25) is 10.0 Å². The molecule has 1 aliphatic rings. The minimum absolute atomic E-state index is 0.176. The highest BCUT2D eigenvalue weighted by molar-refractivity contribution is 7.89. The summed E-state index contributed by atoms with van der Waals surface area (Å²) in [6, 6.07) is 15.5. The Bertz CT molecular complexity index is 726. The Morgan fingerprint density at radius 1 is 1.05 bits per heavy atom. The molecule has 0 spiro atoms. The van der Waals surface area contributed by atoms with Crippen molar-refractivity contribution in [1.29, 1.82) is 0 Å². The lowest BCUT2D eigenvalue weighted by atomic mass is 10.1. The normalized spacial score (nSPS) is 24.8. The molecule has 0 amide bonds. The zero-order valence-corrected chi connectivity index (χ0v) is 12.5. The molecular weight excluding hydrogens is 286 g/mol. The second-order valence-electron chi connectivity index (χ2n) is 5.25. The molecule has 5 heteroatoms. The van der Waals surface area contributed by atoms with E-state index in [0.717, 1.165) is 11.1 Å². The number of nitrogens with zero attached hydrogens (tertiary/aromatic N) is 1. The van der Waals surface area contributed by atoms with Gasteiger partial charge in [-0.3, -0.25) is 0 Å². The molecule has 1 saturated heterocycles. The maximum Gasteiger partial charge on any atom is 0.244 e. The maximum absolute atomic E-state index is 12.7. The Morgan fingerprint density at radius 3 is 2.24 bits per heavy atom. The van der Waals surface area contributed by atoms with Gasteiger partial charge in [0.05, 0.1) is 23.6 Å². The number of rotatable bonds is 4. The van der Waals surface area contributed by atoms with Crippen LogP contribution < -0.4 is 0 Å². The van der Waals surface area contributed by atoms with Crippen LogP contribution in [0.15, 0.2) is 59.5 Å². The van der Waals surface area contributed by atoms with Crippen molar-refractivity contribution < 1.29 is 13.5 Å². The lowest BCUT2D eigenvalue weighted by Crippen LogP contribution is -2.16. The van der Waals surface area contributed by atoms with Crippen molar-refractivity contribution in [3.05, 3.63) is 65.7 Å². The van der Waals surface area contributed by atoms with Crippen LogP contribution >= 0.6 is 0 Å². The quantitative estimate of drug-likeness (QED) is 0.880. The maximum atomic E-state index is 12.7. The molecule has 110 valence electrons. The van der Waals surface area contributed by atoms with E-state index < -0.39 is 10.0 Å². The minimum Gasteiger partial charge on any atom is -0.395 e. The van der Waals surface area contributed by atoms with Crippen LogP contribution in [0.4, 0.5) is 0 Å². The second-order valence-corrected chi connectivity index (χ2v) is 7.10. The number of aryl methyl sites for hydroxylation is 1. The summed E-state index contributed by atoms with van der Waals surface area (Å²) in [5.74, 6) is 0. The van der Waals surface area contributed by atoms with E-state index in [2.05, 4.69) is 0 Å². The Balaban J connectivity index is 1.94. The van der Waals surface area contributed by atoms with Gasteiger partial charge in [0.25, 0.3) is 0 Å². The predicted molar refractivity (Wildman–Crippen MR) is 80.3 cm³/mol. The number of aliphatic hydroxyl groups is 1. The Hall–Kier alpha value is -1.69. The first-order valence-electron chi connectivity index (χ1n) is 6.81. The average molecular weight is 303 g/mol. The molecule has 1 heterocycles. The number of benzene rings is 2. The van der Waals surface area contributed by atoms with Gasteiger partial charge >= 0.3 is 0 Å². The van der Waals surface area contributed by atoms with Gasteiger partial charge in [-0.25, -0.2) is 8.42 Å². The number of hydrogen-bond donors (Lipinski definition) is 1. The number of aliphatic hydroxyl groups excluding tert-OH is 1. The molecule has 2 aromatic rings. The summed E-state index contributed by atoms with van der Waals surface area (Å²) >= 11 is 0. The molecule has 1 unspecified atom stereocenters. The first-order valence-corrected chi connectivity index (χ1v) is 8.26. The molecule has 1 N–H and O–H groups in total. The molecular formula is C16H17NO3S. The summed E-state index contributed by atoms with van der Waals surface area (Å²) in [6.07, 6.45) is 0. The lowest BCUT2D eigenvalue weighted by molar-refractivity contribution is 0.286. The predicted octanol–water partition coefficient (Wildman–Crippen LogP) is 2.10. The molecule has 0 aliphatic carbocycles. The van der Waals surface area contributed by atoms with Crippen molar-refractivity contribution in [1.82, 2.24) is 4.31 Å². The molecule has 0 bridgehead atoms. The highest BCUT2D eigenvalue weighted by Gasteiger charge is 2.55.